The standard InChI is InChI=1S/C21H24N4O2S/c1-3-15-4-6-16(7-5-15)19-13-28-21(23-19)24-20(26)18-12-22-25(14(18)2)17-8-10-27-11-9-17/h4-7,12-13,17H,3,8-11H2,1-2H3,(H,23,24,26). The summed E-state index contributed by atoms with van der Waals surface area (Å²) in [6, 6.07) is 8.67. The van der Waals surface area contributed by atoms with Gasteiger partial charge < -0.3 is 4.74 Å². The molecule has 1 fully saturated rings. The first-order valence-electron chi connectivity index (χ1n) is 9.63. The van der Waals surface area contributed by atoms with Gasteiger partial charge in [0.1, 0.15) is 0 Å². The van der Waals surface area contributed by atoms with Crippen LogP contribution in [0.2, 0.25) is 0 Å². The number of carbonyl (C=O) groups excluding carboxylic acids is 1. The number of hydrogen-bond donors (Lipinski definition) is 1. The SMILES string of the molecule is CCc1ccc(-c2csc(NC(=O)c3cnn(C4CCOCC4)c3C)n2)cc1. The van der Waals surface area contributed by atoms with Crippen LogP contribution in [-0.4, -0.2) is 33.9 Å². The summed E-state index contributed by atoms with van der Waals surface area (Å²) in [6.45, 7) is 5.57. The molecule has 1 aromatic carbocycles. The summed E-state index contributed by atoms with van der Waals surface area (Å²) in [5.74, 6) is -0.168. The van der Waals surface area contributed by atoms with Crippen molar-refractivity contribution in [1.29, 1.82) is 0 Å². The third-order valence-electron chi connectivity index (χ3n) is 5.21. The number of anilines is 1. The van der Waals surface area contributed by atoms with Crippen LogP contribution in [0, 0.1) is 6.92 Å². The zero-order chi connectivity index (χ0) is 19.5. The molecule has 0 radical (unpaired) electrons. The Morgan fingerprint density at radius 3 is 2.75 bits per heavy atom. The summed E-state index contributed by atoms with van der Waals surface area (Å²) < 4.78 is 7.38. The highest BCUT2D eigenvalue weighted by Gasteiger charge is 2.22. The van der Waals surface area contributed by atoms with Crippen LogP contribution in [0.5, 0.6) is 0 Å². The summed E-state index contributed by atoms with van der Waals surface area (Å²) in [5, 5.41) is 9.94. The fourth-order valence-corrected chi connectivity index (χ4v) is 4.20. The van der Waals surface area contributed by atoms with Gasteiger partial charge in [-0.1, -0.05) is 31.2 Å². The molecule has 1 aliphatic rings. The first-order chi connectivity index (χ1) is 13.7. The molecule has 0 bridgehead atoms. The molecular formula is C21H24N4O2S. The molecule has 28 heavy (non-hydrogen) atoms. The van der Waals surface area contributed by atoms with Crippen LogP contribution in [0.25, 0.3) is 11.3 Å². The Morgan fingerprint density at radius 1 is 1.29 bits per heavy atom. The summed E-state index contributed by atoms with van der Waals surface area (Å²) in [4.78, 5) is 17.3. The van der Waals surface area contributed by atoms with Crippen LogP contribution in [0.3, 0.4) is 0 Å². The van der Waals surface area contributed by atoms with E-state index in [2.05, 4.69) is 46.6 Å². The predicted octanol–water partition coefficient (Wildman–Crippen LogP) is 4.48. The van der Waals surface area contributed by atoms with Crippen LogP contribution >= 0.6 is 11.3 Å². The van der Waals surface area contributed by atoms with Crippen molar-refractivity contribution < 1.29 is 9.53 Å². The fraction of sp³-hybridized carbons (Fsp3) is 0.381. The predicted molar refractivity (Wildman–Crippen MR) is 111 cm³/mol. The third kappa shape index (κ3) is 3.86. The minimum atomic E-state index is -0.168. The Labute approximate surface area is 168 Å². The zero-order valence-corrected chi connectivity index (χ0v) is 17.0. The lowest BCUT2D eigenvalue weighted by Crippen LogP contribution is -2.22. The Bertz CT molecular complexity index is 955. The highest BCUT2D eigenvalue weighted by Crippen LogP contribution is 2.27. The normalized spacial score (nSPS) is 14.9. The van der Waals surface area contributed by atoms with E-state index in [0.29, 0.717) is 16.7 Å². The van der Waals surface area contributed by atoms with E-state index in [9.17, 15) is 4.79 Å². The van der Waals surface area contributed by atoms with E-state index in [-0.39, 0.29) is 5.91 Å². The average Bonchev–Trinajstić information content (AvgIpc) is 3.35. The lowest BCUT2D eigenvalue weighted by atomic mass is 10.1. The zero-order valence-electron chi connectivity index (χ0n) is 16.1. The molecule has 0 atom stereocenters. The van der Waals surface area contributed by atoms with Crippen molar-refractivity contribution in [2.45, 2.75) is 39.2 Å². The monoisotopic (exact) mass is 396 g/mol. The van der Waals surface area contributed by atoms with Gasteiger partial charge >= 0.3 is 0 Å². The minimum Gasteiger partial charge on any atom is -0.381 e. The lowest BCUT2D eigenvalue weighted by Gasteiger charge is -2.23. The van der Waals surface area contributed by atoms with Crippen molar-refractivity contribution in [3.8, 4) is 11.3 Å². The van der Waals surface area contributed by atoms with Gasteiger partial charge in [-0.2, -0.15) is 5.10 Å². The first-order valence-corrected chi connectivity index (χ1v) is 10.5. The number of nitrogens with one attached hydrogen (secondary N) is 1. The molecule has 0 saturated carbocycles. The molecule has 6 nitrogen and oxygen atoms in total. The van der Waals surface area contributed by atoms with Crippen molar-refractivity contribution in [3.63, 3.8) is 0 Å². The van der Waals surface area contributed by atoms with Gasteiger partial charge in [-0.05, 0) is 31.7 Å². The van der Waals surface area contributed by atoms with Gasteiger partial charge in [-0.15, -0.1) is 11.3 Å². The number of amides is 1. The van der Waals surface area contributed by atoms with Gasteiger partial charge in [0.25, 0.3) is 5.91 Å². The number of benzene rings is 1. The van der Waals surface area contributed by atoms with Crippen molar-refractivity contribution in [2.75, 3.05) is 18.5 Å². The van der Waals surface area contributed by atoms with Crippen LogP contribution in [0.15, 0.2) is 35.8 Å². The van der Waals surface area contributed by atoms with E-state index in [1.807, 2.05) is 17.0 Å². The number of ether oxygens (including phenoxy) is 1. The van der Waals surface area contributed by atoms with E-state index in [0.717, 1.165) is 49.4 Å². The number of hydrogen-bond acceptors (Lipinski definition) is 5. The Hall–Kier alpha value is -2.51. The number of thiazole rings is 1. The molecule has 2 aromatic heterocycles. The minimum absolute atomic E-state index is 0.168. The molecule has 1 saturated heterocycles. The van der Waals surface area contributed by atoms with Gasteiger partial charge in [-0.3, -0.25) is 14.8 Å². The lowest BCUT2D eigenvalue weighted by molar-refractivity contribution is 0.0656. The maximum atomic E-state index is 12.7. The van der Waals surface area contributed by atoms with Gasteiger partial charge in [-0.25, -0.2) is 4.98 Å². The van der Waals surface area contributed by atoms with Crippen LogP contribution in [0.4, 0.5) is 5.13 Å². The number of nitrogens with zero attached hydrogens (tertiary/aromatic N) is 3. The molecule has 0 aliphatic carbocycles. The molecule has 7 heteroatoms. The number of carbonyl (C=O) groups is 1. The molecule has 1 amide bonds. The largest absolute Gasteiger partial charge is 0.381 e. The van der Waals surface area contributed by atoms with Gasteiger partial charge in [0.2, 0.25) is 0 Å². The number of rotatable bonds is 5. The van der Waals surface area contributed by atoms with E-state index >= 15 is 0 Å². The quantitative estimate of drug-likeness (QED) is 0.690. The highest BCUT2D eigenvalue weighted by atomic mass is 32.1. The van der Waals surface area contributed by atoms with Crippen LogP contribution in [-0.2, 0) is 11.2 Å². The summed E-state index contributed by atoms with van der Waals surface area (Å²) >= 11 is 1.43. The Morgan fingerprint density at radius 2 is 2.04 bits per heavy atom. The maximum Gasteiger partial charge on any atom is 0.260 e. The van der Waals surface area contributed by atoms with Gasteiger partial charge in [0, 0.05) is 29.9 Å². The molecule has 0 unspecified atom stereocenters. The van der Waals surface area contributed by atoms with Crippen molar-refractivity contribution in [2.24, 2.45) is 0 Å². The molecule has 1 N–H and O–H groups in total. The molecule has 1 aliphatic heterocycles. The summed E-state index contributed by atoms with van der Waals surface area (Å²) in [5.41, 5.74) is 4.70. The fourth-order valence-electron chi connectivity index (χ4n) is 3.48. The smallest absolute Gasteiger partial charge is 0.260 e. The number of aromatic nitrogens is 3. The molecule has 0 spiro atoms. The molecule has 3 heterocycles. The number of aryl methyl sites for hydroxylation is 1. The summed E-state index contributed by atoms with van der Waals surface area (Å²) in [7, 11) is 0. The topological polar surface area (TPSA) is 69.0 Å². The second kappa shape index (κ2) is 8.24. The highest BCUT2D eigenvalue weighted by molar-refractivity contribution is 7.14. The second-order valence-corrected chi connectivity index (χ2v) is 7.83. The Kier molecular flexibility index (Phi) is 5.54. The van der Waals surface area contributed by atoms with E-state index in [4.69, 9.17) is 4.74 Å². The average molecular weight is 397 g/mol. The third-order valence-corrected chi connectivity index (χ3v) is 5.97. The Balaban J connectivity index is 1.47. The van der Waals surface area contributed by atoms with Gasteiger partial charge in [0.05, 0.1) is 23.5 Å². The molecule has 3 aromatic rings. The van der Waals surface area contributed by atoms with Crippen LogP contribution in [0.1, 0.15) is 47.4 Å². The molecular weight excluding hydrogens is 372 g/mol. The molecule has 4 rings (SSSR count). The van der Waals surface area contributed by atoms with Crippen molar-refractivity contribution in [1.82, 2.24) is 14.8 Å². The van der Waals surface area contributed by atoms with Crippen molar-refractivity contribution >= 4 is 22.4 Å². The molecule has 146 valence electrons. The second-order valence-electron chi connectivity index (χ2n) is 6.97. The van der Waals surface area contributed by atoms with Crippen LogP contribution < -0.4 is 5.32 Å². The van der Waals surface area contributed by atoms with E-state index < -0.39 is 0 Å². The van der Waals surface area contributed by atoms with Gasteiger partial charge in [0.15, 0.2) is 5.13 Å². The first kappa shape index (κ1) is 18.8. The van der Waals surface area contributed by atoms with E-state index in [1.165, 1.54) is 16.9 Å². The van der Waals surface area contributed by atoms with E-state index in [1.54, 1.807) is 6.20 Å². The summed E-state index contributed by atoms with van der Waals surface area (Å²) in [6.07, 6.45) is 4.52. The maximum absolute atomic E-state index is 12.7. The van der Waals surface area contributed by atoms with Crippen molar-refractivity contribution in [3.05, 3.63) is 52.7 Å².